The summed E-state index contributed by atoms with van der Waals surface area (Å²) < 4.78 is 4.73. The Bertz CT molecular complexity index is 381. The molecule has 3 amide bonds. The van der Waals surface area contributed by atoms with Crippen LogP contribution in [0.2, 0.25) is 0 Å². The maximum Gasteiger partial charge on any atom is 0.409 e. The van der Waals surface area contributed by atoms with E-state index in [1.165, 1.54) is 0 Å². The minimum absolute atomic E-state index is 0.254. The van der Waals surface area contributed by atoms with Crippen LogP contribution in [-0.2, 0) is 4.74 Å². The fourth-order valence-electron chi connectivity index (χ4n) is 1.28. The van der Waals surface area contributed by atoms with E-state index in [9.17, 15) is 9.59 Å². The Balaban J connectivity index is 2.74. The lowest BCUT2D eigenvalue weighted by Crippen LogP contribution is -2.43. The highest BCUT2D eigenvalue weighted by Gasteiger charge is 2.15. The minimum Gasteiger partial charge on any atom is -0.450 e. The molecule has 0 radical (unpaired) electrons. The minimum atomic E-state index is -0.726. The zero-order chi connectivity index (χ0) is 12.7. The number of nitrogens with one attached hydrogen (secondary N) is 2. The van der Waals surface area contributed by atoms with Crippen LogP contribution in [0.1, 0.15) is 18.7 Å². The van der Waals surface area contributed by atoms with Gasteiger partial charge in [-0.25, -0.2) is 9.59 Å². The first kappa shape index (κ1) is 12.8. The molecule has 0 aromatic heterocycles. The number of amides is 3. The largest absolute Gasteiger partial charge is 0.450 e. The van der Waals surface area contributed by atoms with Gasteiger partial charge in [0, 0.05) is 0 Å². The molecule has 0 saturated carbocycles. The number of carbonyl (C=O) groups is 2. The molecular weight excluding hydrogens is 222 g/mol. The van der Waals surface area contributed by atoms with Gasteiger partial charge >= 0.3 is 12.1 Å². The smallest absolute Gasteiger partial charge is 0.409 e. The van der Waals surface area contributed by atoms with E-state index in [1.807, 2.05) is 6.07 Å². The molecule has 0 aliphatic carbocycles. The van der Waals surface area contributed by atoms with Crippen LogP contribution in [0.4, 0.5) is 9.59 Å². The van der Waals surface area contributed by atoms with Crippen LogP contribution in [0.25, 0.3) is 0 Å². The van der Waals surface area contributed by atoms with E-state index in [1.54, 1.807) is 31.2 Å². The molecular formula is C11H15N3O3. The predicted octanol–water partition coefficient (Wildman–Crippen LogP) is 1.10. The average Bonchev–Trinajstić information content (AvgIpc) is 2.29. The number of benzene rings is 1. The highest BCUT2D eigenvalue weighted by atomic mass is 16.5. The van der Waals surface area contributed by atoms with Crippen molar-refractivity contribution in [2.24, 2.45) is 5.73 Å². The van der Waals surface area contributed by atoms with E-state index in [0.29, 0.717) is 5.56 Å². The third-order valence-electron chi connectivity index (χ3n) is 1.96. The summed E-state index contributed by atoms with van der Waals surface area (Å²) in [6.45, 7) is 1.95. The first-order valence-electron chi connectivity index (χ1n) is 5.17. The Hall–Kier alpha value is -2.24. The van der Waals surface area contributed by atoms with Gasteiger partial charge in [-0.2, -0.15) is 0 Å². The first-order chi connectivity index (χ1) is 8.13. The topological polar surface area (TPSA) is 93.4 Å². The second kappa shape index (κ2) is 6.37. The zero-order valence-corrected chi connectivity index (χ0v) is 9.47. The number of rotatable bonds is 4. The van der Waals surface area contributed by atoms with Crippen molar-refractivity contribution in [2.75, 3.05) is 6.61 Å². The summed E-state index contributed by atoms with van der Waals surface area (Å²) in [5.41, 5.74) is 5.75. The number of hydrogen-bond donors (Lipinski definition) is 3. The molecule has 92 valence electrons. The average molecular weight is 237 g/mol. The molecule has 0 heterocycles. The fourth-order valence-corrected chi connectivity index (χ4v) is 1.28. The van der Waals surface area contributed by atoms with Crippen molar-refractivity contribution in [3.05, 3.63) is 35.9 Å². The lowest BCUT2D eigenvalue weighted by molar-refractivity contribution is 0.146. The van der Waals surface area contributed by atoms with E-state index < -0.39 is 18.3 Å². The van der Waals surface area contributed by atoms with Crippen molar-refractivity contribution in [1.82, 2.24) is 10.6 Å². The van der Waals surface area contributed by atoms with Crippen LogP contribution in [0.15, 0.2) is 30.3 Å². The third-order valence-corrected chi connectivity index (χ3v) is 1.96. The molecule has 6 nitrogen and oxygen atoms in total. The van der Waals surface area contributed by atoms with E-state index in [4.69, 9.17) is 10.5 Å². The lowest BCUT2D eigenvalue weighted by atomic mass is 10.2. The Morgan fingerprint density at radius 3 is 2.47 bits per heavy atom. The van der Waals surface area contributed by atoms with Gasteiger partial charge in [-0.15, -0.1) is 0 Å². The summed E-state index contributed by atoms with van der Waals surface area (Å²) >= 11 is 0. The summed E-state index contributed by atoms with van der Waals surface area (Å²) in [5, 5.41) is 4.90. The number of urea groups is 1. The molecule has 17 heavy (non-hydrogen) atoms. The highest BCUT2D eigenvalue weighted by molar-refractivity contribution is 5.74. The van der Waals surface area contributed by atoms with Gasteiger partial charge in [-0.1, -0.05) is 30.3 Å². The molecule has 0 aliphatic heterocycles. The molecule has 1 unspecified atom stereocenters. The Labute approximate surface area is 99.1 Å². The van der Waals surface area contributed by atoms with Gasteiger partial charge in [0.2, 0.25) is 0 Å². The third kappa shape index (κ3) is 4.42. The van der Waals surface area contributed by atoms with Crippen molar-refractivity contribution in [2.45, 2.75) is 13.1 Å². The molecule has 0 spiro atoms. The van der Waals surface area contributed by atoms with Gasteiger partial charge in [0.15, 0.2) is 0 Å². The van der Waals surface area contributed by atoms with Gasteiger partial charge in [0.25, 0.3) is 0 Å². The van der Waals surface area contributed by atoms with Gasteiger partial charge in [-0.3, -0.25) is 5.32 Å². The van der Waals surface area contributed by atoms with Crippen LogP contribution in [0, 0.1) is 0 Å². The second-order valence-corrected chi connectivity index (χ2v) is 3.22. The van der Waals surface area contributed by atoms with Crippen LogP contribution in [-0.4, -0.2) is 18.7 Å². The maximum absolute atomic E-state index is 11.3. The quantitative estimate of drug-likeness (QED) is 0.684. The fraction of sp³-hybridized carbons (Fsp3) is 0.273. The van der Waals surface area contributed by atoms with Crippen molar-refractivity contribution in [3.8, 4) is 0 Å². The van der Waals surface area contributed by atoms with Crippen molar-refractivity contribution < 1.29 is 14.3 Å². The summed E-state index contributed by atoms with van der Waals surface area (Å²) in [6, 6.07) is 8.19. The molecule has 1 aromatic rings. The Morgan fingerprint density at radius 1 is 1.29 bits per heavy atom. The molecule has 0 bridgehead atoms. The van der Waals surface area contributed by atoms with Gasteiger partial charge < -0.3 is 15.8 Å². The Morgan fingerprint density at radius 2 is 1.94 bits per heavy atom. The van der Waals surface area contributed by atoms with E-state index in [2.05, 4.69) is 10.6 Å². The molecule has 6 heteroatoms. The summed E-state index contributed by atoms with van der Waals surface area (Å²) in [7, 11) is 0. The highest BCUT2D eigenvalue weighted by Crippen LogP contribution is 2.09. The lowest BCUT2D eigenvalue weighted by Gasteiger charge is -2.18. The van der Waals surface area contributed by atoms with Gasteiger partial charge in [-0.05, 0) is 12.5 Å². The van der Waals surface area contributed by atoms with Gasteiger partial charge in [0.05, 0.1) is 6.61 Å². The first-order valence-corrected chi connectivity index (χ1v) is 5.17. The Kier molecular flexibility index (Phi) is 4.80. The normalized spacial score (nSPS) is 11.4. The number of ether oxygens (including phenoxy) is 1. The van der Waals surface area contributed by atoms with E-state index in [-0.39, 0.29) is 6.61 Å². The summed E-state index contributed by atoms with van der Waals surface area (Å²) in [5.74, 6) is 0. The number of nitrogens with two attached hydrogens (primary N) is 1. The number of carbonyl (C=O) groups excluding carboxylic acids is 2. The van der Waals surface area contributed by atoms with Crippen molar-refractivity contribution >= 4 is 12.1 Å². The second-order valence-electron chi connectivity index (χ2n) is 3.22. The molecule has 1 atom stereocenters. The predicted molar refractivity (Wildman–Crippen MR) is 62.1 cm³/mol. The summed E-state index contributed by atoms with van der Waals surface area (Å²) in [4.78, 5) is 22.1. The number of alkyl carbamates (subject to hydrolysis) is 1. The van der Waals surface area contributed by atoms with E-state index in [0.717, 1.165) is 0 Å². The monoisotopic (exact) mass is 237 g/mol. The molecule has 0 saturated heterocycles. The molecule has 1 rings (SSSR count). The molecule has 0 fully saturated rings. The van der Waals surface area contributed by atoms with Crippen molar-refractivity contribution in [1.29, 1.82) is 0 Å². The van der Waals surface area contributed by atoms with Crippen LogP contribution in [0.5, 0.6) is 0 Å². The van der Waals surface area contributed by atoms with Crippen molar-refractivity contribution in [3.63, 3.8) is 0 Å². The number of primary amides is 1. The number of hydrogen-bond acceptors (Lipinski definition) is 3. The standard InChI is InChI=1S/C11H15N3O3/c1-2-17-11(16)14-9(13-10(12)15)8-6-4-3-5-7-8/h3-7,9H,2H2,1H3,(H,14,16)(H3,12,13,15). The van der Waals surface area contributed by atoms with Crippen LogP contribution >= 0.6 is 0 Å². The zero-order valence-electron chi connectivity index (χ0n) is 9.47. The maximum atomic E-state index is 11.3. The van der Waals surface area contributed by atoms with Crippen LogP contribution < -0.4 is 16.4 Å². The molecule has 1 aromatic carbocycles. The molecule has 0 aliphatic rings. The SMILES string of the molecule is CCOC(=O)NC(NC(N)=O)c1ccccc1. The van der Waals surface area contributed by atoms with E-state index >= 15 is 0 Å². The van der Waals surface area contributed by atoms with Gasteiger partial charge in [0.1, 0.15) is 6.17 Å². The summed E-state index contributed by atoms with van der Waals surface area (Å²) in [6.07, 6.45) is -1.32. The molecule has 4 N–H and O–H groups in total. The van der Waals surface area contributed by atoms with Crippen LogP contribution in [0.3, 0.4) is 0 Å².